The maximum Gasteiger partial charge on any atom is 0.231 e. The van der Waals surface area contributed by atoms with E-state index in [1.54, 1.807) is 6.92 Å². The molecule has 1 aliphatic rings. The van der Waals surface area contributed by atoms with Crippen molar-refractivity contribution >= 4 is 5.91 Å². The lowest BCUT2D eigenvalue weighted by atomic mass is 9.88. The van der Waals surface area contributed by atoms with E-state index in [0.717, 1.165) is 28.4 Å². The van der Waals surface area contributed by atoms with Crippen molar-refractivity contribution in [1.29, 1.82) is 0 Å². The number of carbonyl (C=O) groups excluding carboxylic acids is 1. The maximum absolute atomic E-state index is 13.2. The summed E-state index contributed by atoms with van der Waals surface area (Å²) in [4.78, 5) is 29.2. The molecule has 0 radical (unpaired) electrons. The van der Waals surface area contributed by atoms with Crippen LogP contribution in [-0.4, -0.2) is 44.0 Å². The summed E-state index contributed by atoms with van der Waals surface area (Å²) < 4.78 is 11.5. The number of hydrogen-bond donors (Lipinski definition) is 1. The average Bonchev–Trinajstić information content (AvgIpc) is 3.48. The van der Waals surface area contributed by atoms with Crippen LogP contribution >= 0.6 is 0 Å². The molecule has 1 amide bonds. The van der Waals surface area contributed by atoms with Crippen LogP contribution in [0.3, 0.4) is 0 Å². The standard InChI is InChI=1S/C27H30N6O3/c1-17-8-7-11-23(29-17)13-28-25(34)21-12-22(27-30-19(3)32-36-27)15-33(14-21)16-24-18(2)35-26(31-24)20-9-5-4-6-10-20/h4-11,21-22H,12-16H2,1-3H3,(H,28,34)/t21-,22-/m0/s1. The number of amides is 1. The van der Waals surface area contributed by atoms with Gasteiger partial charge in [0, 0.05) is 30.9 Å². The number of nitrogens with zero attached hydrogens (tertiary/aromatic N) is 5. The van der Waals surface area contributed by atoms with Gasteiger partial charge in [0.05, 0.1) is 29.8 Å². The largest absolute Gasteiger partial charge is 0.441 e. The van der Waals surface area contributed by atoms with E-state index in [2.05, 4.69) is 25.3 Å². The molecule has 1 fully saturated rings. The number of nitrogens with one attached hydrogen (secondary N) is 1. The predicted molar refractivity (Wildman–Crippen MR) is 133 cm³/mol. The second-order valence-electron chi connectivity index (χ2n) is 9.38. The third-order valence-corrected chi connectivity index (χ3v) is 6.47. The van der Waals surface area contributed by atoms with Crippen LogP contribution in [0.25, 0.3) is 11.5 Å². The summed E-state index contributed by atoms with van der Waals surface area (Å²) in [5.74, 6) is 2.24. The Bertz CT molecular complexity index is 1330. The summed E-state index contributed by atoms with van der Waals surface area (Å²) in [5.41, 5.74) is 3.56. The Labute approximate surface area is 210 Å². The molecular weight excluding hydrogens is 456 g/mol. The number of aryl methyl sites for hydroxylation is 3. The normalized spacial score (nSPS) is 18.3. The van der Waals surface area contributed by atoms with Crippen molar-refractivity contribution in [3.63, 3.8) is 0 Å². The molecule has 2 atom stereocenters. The van der Waals surface area contributed by atoms with Gasteiger partial charge in [-0.25, -0.2) is 4.98 Å². The molecular formula is C27H30N6O3. The summed E-state index contributed by atoms with van der Waals surface area (Å²) in [6, 6.07) is 15.7. The molecule has 36 heavy (non-hydrogen) atoms. The van der Waals surface area contributed by atoms with Crippen LogP contribution in [0.1, 0.15) is 46.9 Å². The van der Waals surface area contributed by atoms with Gasteiger partial charge in [0.25, 0.3) is 0 Å². The molecule has 5 rings (SSSR count). The van der Waals surface area contributed by atoms with Gasteiger partial charge in [0.2, 0.25) is 17.7 Å². The zero-order valence-electron chi connectivity index (χ0n) is 20.8. The highest BCUT2D eigenvalue weighted by Gasteiger charge is 2.35. The van der Waals surface area contributed by atoms with E-state index in [4.69, 9.17) is 13.9 Å². The van der Waals surface area contributed by atoms with Gasteiger partial charge in [-0.2, -0.15) is 4.98 Å². The summed E-state index contributed by atoms with van der Waals surface area (Å²) in [7, 11) is 0. The number of piperidine rings is 1. The fourth-order valence-electron chi connectivity index (χ4n) is 4.68. The highest BCUT2D eigenvalue weighted by atomic mass is 16.5. The van der Waals surface area contributed by atoms with E-state index in [-0.39, 0.29) is 17.7 Å². The molecule has 0 unspecified atom stereocenters. The van der Waals surface area contributed by atoms with Gasteiger partial charge in [-0.1, -0.05) is 29.4 Å². The van der Waals surface area contributed by atoms with Crippen molar-refractivity contribution in [1.82, 2.24) is 30.3 Å². The Hall–Kier alpha value is -3.85. The van der Waals surface area contributed by atoms with Crippen molar-refractivity contribution < 1.29 is 13.7 Å². The van der Waals surface area contributed by atoms with Crippen LogP contribution in [0.15, 0.2) is 57.5 Å². The van der Waals surface area contributed by atoms with E-state index in [1.807, 2.05) is 62.4 Å². The number of likely N-dealkylation sites (tertiary alicyclic amines) is 1. The summed E-state index contributed by atoms with van der Waals surface area (Å²) in [6.45, 7) is 7.92. The van der Waals surface area contributed by atoms with E-state index in [0.29, 0.717) is 50.2 Å². The fourth-order valence-corrected chi connectivity index (χ4v) is 4.68. The molecule has 0 saturated carbocycles. The smallest absolute Gasteiger partial charge is 0.231 e. The van der Waals surface area contributed by atoms with E-state index >= 15 is 0 Å². The van der Waals surface area contributed by atoms with Crippen LogP contribution in [0.2, 0.25) is 0 Å². The van der Waals surface area contributed by atoms with Crippen LogP contribution < -0.4 is 5.32 Å². The van der Waals surface area contributed by atoms with Crippen LogP contribution in [-0.2, 0) is 17.9 Å². The highest BCUT2D eigenvalue weighted by Crippen LogP contribution is 2.31. The van der Waals surface area contributed by atoms with E-state index in [9.17, 15) is 4.79 Å². The molecule has 0 aliphatic carbocycles. The van der Waals surface area contributed by atoms with Crippen LogP contribution in [0.5, 0.6) is 0 Å². The van der Waals surface area contributed by atoms with Gasteiger partial charge in [-0.05, 0) is 51.5 Å². The third kappa shape index (κ3) is 5.52. The number of hydrogen-bond acceptors (Lipinski definition) is 8. The topological polar surface area (TPSA) is 110 Å². The Morgan fingerprint density at radius 1 is 1.03 bits per heavy atom. The summed E-state index contributed by atoms with van der Waals surface area (Å²) in [5, 5.41) is 7.03. The van der Waals surface area contributed by atoms with E-state index < -0.39 is 0 Å². The average molecular weight is 487 g/mol. The fraction of sp³-hybridized carbons (Fsp3) is 0.370. The van der Waals surface area contributed by atoms with Gasteiger partial charge in [0.15, 0.2) is 5.82 Å². The third-order valence-electron chi connectivity index (χ3n) is 6.47. The number of benzene rings is 1. The number of rotatable bonds is 7. The molecule has 1 N–H and O–H groups in total. The zero-order chi connectivity index (χ0) is 25.1. The first-order valence-corrected chi connectivity index (χ1v) is 12.2. The minimum Gasteiger partial charge on any atom is -0.441 e. The lowest BCUT2D eigenvalue weighted by Crippen LogP contribution is -2.45. The molecule has 0 bridgehead atoms. The van der Waals surface area contributed by atoms with Crippen molar-refractivity contribution in [2.45, 2.75) is 46.2 Å². The Morgan fingerprint density at radius 3 is 2.61 bits per heavy atom. The molecule has 0 spiro atoms. The quantitative estimate of drug-likeness (QED) is 0.418. The van der Waals surface area contributed by atoms with Crippen LogP contribution in [0.4, 0.5) is 0 Å². The van der Waals surface area contributed by atoms with Gasteiger partial charge in [0.1, 0.15) is 5.76 Å². The lowest BCUT2D eigenvalue weighted by molar-refractivity contribution is -0.127. The molecule has 1 saturated heterocycles. The first-order chi connectivity index (χ1) is 17.4. The van der Waals surface area contributed by atoms with Crippen molar-refractivity contribution in [2.24, 2.45) is 5.92 Å². The first kappa shape index (κ1) is 23.9. The SMILES string of the molecule is Cc1cccc(CNC(=O)[C@H]2C[C@H](c3nc(C)no3)CN(Cc3nc(-c4ccccc4)oc3C)C2)n1. The molecule has 9 heteroatoms. The second-order valence-corrected chi connectivity index (χ2v) is 9.38. The Balaban J connectivity index is 1.32. The molecule has 186 valence electrons. The van der Waals surface area contributed by atoms with Crippen molar-refractivity contribution in [3.05, 3.63) is 83.1 Å². The summed E-state index contributed by atoms with van der Waals surface area (Å²) in [6.07, 6.45) is 0.637. The van der Waals surface area contributed by atoms with E-state index in [1.165, 1.54) is 0 Å². The van der Waals surface area contributed by atoms with Gasteiger partial charge in [-0.3, -0.25) is 14.7 Å². The monoisotopic (exact) mass is 486 g/mol. The number of aromatic nitrogens is 4. The minimum atomic E-state index is -0.235. The molecule has 3 aromatic heterocycles. The first-order valence-electron chi connectivity index (χ1n) is 12.2. The van der Waals surface area contributed by atoms with Crippen molar-refractivity contribution in [2.75, 3.05) is 13.1 Å². The van der Waals surface area contributed by atoms with Gasteiger partial charge < -0.3 is 14.3 Å². The molecule has 1 aromatic carbocycles. The predicted octanol–water partition coefficient (Wildman–Crippen LogP) is 3.97. The lowest BCUT2D eigenvalue weighted by Gasteiger charge is -2.35. The molecule has 4 aromatic rings. The molecule has 1 aliphatic heterocycles. The van der Waals surface area contributed by atoms with Gasteiger partial charge >= 0.3 is 0 Å². The molecule has 9 nitrogen and oxygen atoms in total. The van der Waals surface area contributed by atoms with Gasteiger partial charge in [-0.15, -0.1) is 0 Å². The number of carbonyl (C=O) groups is 1. The Morgan fingerprint density at radius 2 is 1.86 bits per heavy atom. The maximum atomic E-state index is 13.2. The zero-order valence-corrected chi connectivity index (χ0v) is 20.8. The summed E-state index contributed by atoms with van der Waals surface area (Å²) >= 11 is 0. The van der Waals surface area contributed by atoms with Crippen molar-refractivity contribution in [3.8, 4) is 11.5 Å². The number of pyridine rings is 1. The number of oxazole rings is 1. The molecule has 4 heterocycles. The van der Waals surface area contributed by atoms with Crippen LogP contribution in [0, 0.1) is 26.7 Å². The Kier molecular flexibility index (Phi) is 6.90. The second kappa shape index (κ2) is 10.4. The minimum absolute atomic E-state index is 0.00825. The highest BCUT2D eigenvalue weighted by molar-refractivity contribution is 5.79.